The van der Waals surface area contributed by atoms with Crippen LogP contribution in [0.25, 0.3) is 5.76 Å². The second-order valence-corrected chi connectivity index (χ2v) is 10.5. The van der Waals surface area contributed by atoms with Crippen LogP contribution >= 0.6 is 11.6 Å². The second kappa shape index (κ2) is 11.5. The lowest BCUT2D eigenvalue weighted by molar-refractivity contribution is -0.140. The van der Waals surface area contributed by atoms with Crippen LogP contribution in [0, 0.1) is 0 Å². The van der Waals surface area contributed by atoms with Gasteiger partial charge in [-0.25, -0.2) is 0 Å². The first-order valence-corrected chi connectivity index (χ1v) is 12.9. The van der Waals surface area contributed by atoms with Crippen LogP contribution < -0.4 is 4.74 Å². The number of Topliss-reactive ketones (excluding diaryl/α,β-unsaturated/α-hetero) is 1. The van der Waals surface area contributed by atoms with E-state index in [1.54, 1.807) is 23.1 Å². The molecule has 1 N–H and O–H groups in total. The third kappa shape index (κ3) is 5.76. The van der Waals surface area contributed by atoms with Crippen LogP contribution in [0.2, 0.25) is 5.02 Å². The van der Waals surface area contributed by atoms with Crippen molar-refractivity contribution in [3.05, 3.63) is 69.8 Å². The maximum atomic E-state index is 13.3. The van der Waals surface area contributed by atoms with Crippen LogP contribution in [0.3, 0.4) is 0 Å². The molecule has 0 bridgehead atoms. The lowest BCUT2D eigenvalue weighted by Gasteiger charge is -2.27. The molecule has 194 valence electrons. The van der Waals surface area contributed by atoms with Gasteiger partial charge in [-0.3, -0.25) is 9.59 Å². The van der Waals surface area contributed by atoms with E-state index in [0.29, 0.717) is 22.9 Å². The number of hydrogen-bond acceptors (Lipinski definition) is 5. The smallest absolute Gasteiger partial charge is 0.295 e. The fourth-order valence-corrected chi connectivity index (χ4v) is 4.85. The average molecular weight is 513 g/mol. The molecular weight excluding hydrogens is 476 g/mol. The summed E-state index contributed by atoms with van der Waals surface area (Å²) in [7, 11) is 1.51. The number of carbonyl (C=O) groups excluding carboxylic acids is 2. The molecule has 36 heavy (non-hydrogen) atoms. The van der Waals surface area contributed by atoms with Crippen molar-refractivity contribution < 1.29 is 19.4 Å². The minimum Gasteiger partial charge on any atom is -0.507 e. The molecular formula is C29H37ClN2O4. The Morgan fingerprint density at radius 2 is 1.72 bits per heavy atom. The van der Waals surface area contributed by atoms with E-state index >= 15 is 0 Å². The van der Waals surface area contributed by atoms with Crippen molar-refractivity contribution in [3.8, 4) is 5.75 Å². The van der Waals surface area contributed by atoms with Gasteiger partial charge >= 0.3 is 0 Å². The number of ether oxygens (including phenoxy) is 1. The fourth-order valence-electron chi connectivity index (χ4n) is 4.60. The minimum absolute atomic E-state index is 0.0378. The highest BCUT2D eigenvalue weighted by Crippen LogP contribution is 2.41. The minimum atomic E-state index is -0.688. The van der Waals surface area contributed by atoms with E-state index in [-0.39, 0.29) is 16.7 Å². The first kappa shape index (κ1) is 27.8. The number of halogens is 1. The molecule has 3 rings (SSSR count). The van der Waals surface area contributed by atoms with Crippen molar-refractivity contribution >= 4 is 29.1 Å². The number of rotatable bonds is 9. The summed E-state index contributed by atoms with van der Waals surface area (Å²) in [5, 5.41) is 11.6. The summed E-state index contributed by atoms with van der Waals surface area (Å²) in [5.74, 6) is -1.07. The monoisotopic (exact) mass is 512 g/mol. The molecule has 1 saturated heterocycles. The Balaban J connectivity index is 2.08. The molecule has 0 aliphatic carbocycles. The number of nitrogens with zero attached hydrogens (tertiary/aromatic N) is 2. The number of amides is 1. The third-order valence-electron chi connectivity index (χ3n) is 6.83. The zero-order valence-corrected chi connectivity index (χ0v) is 22.9. The zero-order chi connectivity index (χ0) is 26.6. The highest BCUT2D eigenvalue weighted by molar-refractivity contribution is 6.46. The molecule has 6 nitrogen and oxygen atoms in total. The topological polar surface area (TPSA) is 70.1 Å². The van der Waals surface area contributed by atoms with Crippen molar-refractivity contribution in [3.63, 3.8) is 0 Å². The summed E-state index contributed by atoms with van der Waals surface area (Å²) in [6.45, 7) is 13.7. The summed E-state index contributed by atoms with van der Waals surface area (Å²) in [4.78, 5) is 30.4. The van der Waals surface area contributed by atoms with E-state index in [2.05, 4.69) is 39.5 Å². The first-order chi connectivity index (χ1) is 17.0. The van der Waals surface area contributed by atoms with Crippen LogP contribution in [-0.4, -0.2) is 59.9 Å². The molecule has 1 heterocycles. The average Bonchev–Trinajstić information content (AvgIpc) is 3.10. The van der Waals surface area contributed by atoms with Gasteiger partial charge in [0.2, 0.25) is 0 Å². The first-order valence-electron chi connectivity index (χ1n) is 12.5. The molecule has 0 saturated carbocycles. The van der Waals surface area contributed by atoms with Gasteiger partial charge in [-0.1, -0.05) is 70.5 Å². The maximum absolute atomic E-state index is 13.3. The molecule has 2 aromatic rings. The molecule has 2 aromatic carbocycles. The molecule has 1 fully saturated rings. The molecule has 0 unspecified atom stereocenters. The van der Waals surface area contributed by atoms with E-state index < -0.39 is 17.7 Å². The summed E-state index contributed by atoms with van der Waals surface area (Å²) in [6.07, 6.45) is 0.722. The predicted octanol–water partition coefficient (Wildman–Crippen LogP) is 5.80. The predicted molar refractivity (Wildman–Crippen MR) is 145 cm³/mol. The SMILES string of the molecule is CCN(CC)CCCN1C(=O)C(=O)/C(=C(/O)c2ccc(OC)c(Cl)c2)[C@@H]1c1ccc(C(C)(C)C)cc1. The number of aliphatic hydroxyl groups excluding tert-OH is 1. The molecule has 0 aromatic heterocycles. The Hall–Kier alpha value is -2.83. The van der Waals surface area contributed by atoms with E-state index in [1.807, 2.05) is 24.3 Å². The van der Waals surface area contributed by atoms with Gasteiger partial charge in [0.05, 0.1) is 23.7 Å². The highest BCUT2D eigenvalue weighted by Gasteiger charge is 2.45. The van der Waals surface area contributed by atoms with Gasteiger partial charge < -0.3 is 19.6 Å². The van der Waals surface area contributed by atoms with E-state index in [9.17, 15) is 14.7 Å². The van der Waals surface area contributed by atoms with Crippen molar-refractivity contribution in [2.45, 2.75) is 52.5 Å². The second-order valence-electron chi connectivity index (χ2n) is 10.1. The Kier molecular flexibility index (Phi) is 8.85. The quantitative estimate of drug-likeness (QED) is 0.261. The number of methoxy groups -OCH3 is 1. The molecule has 0 spiro atoms. The fraction of sp³-hybridized carbons (Fsp3) is 0.448. The largest absolute Gasteiger partial charge is 0.507 e. The van der Waals surface area contributed by atoms with Crippen molar-refractivity contribution in [1.82, 2.24) is 9.80 Å². The summed E-state index contributed by atoms with van der Waals surface area (Å²) in [5.41, 5.74) is 2.33. The van der Waals surface area contributed by atoms with Crippen LogP contribution in [-0.2, 0) is 15.0 Å². The van der Waals surface area contributed by atoms with Gasteiger partial charge in [-0.2, -0.15) is 0 Å². The Labute approximate surface area is 219 Å². The van der Waals surface area contributed by atoms with Gasteiger partial charge in [0.1, 0.15) is 11.5 Å². The Bertz CT molecular complexity index is 1130. The van der Waals surface area contributed by atoms with Crippen molar-refractivity contribution in [2.75, 3.05) is 33.3 Å². The van der Waals surface area contributed by atoms with Gasteiger partial charge in [-0.05, 0) is 60.8 Å². The van der Waals surface area contributed by atoms with E-state index in [0.717, 1.165) is 37.2 Å². The molecule has 1 amide bonds. The molecule has 1 atom stereocenters. The van der Waals surface area contributed by atoms with Crippen molar-refractivity contribution in [2.24, 2.45) is 0 Å². The number of ketones is 1. The molecule has 7 heteroatoms. The van der Waals surface area contributed by atoms with Gasteiger partial charge in [0.25, 0.3) is 11.7 Å². The van der Waals surface area contributed by atoms with Gasteiger partial charge in [-0.15, -0.1) is 0 Å². The number of benzene rings is 2. The highest BCUT2D eigenvalue weighted by atomic mass is 35.5. The molecule has 0 radical (unpaired) electrons. The number of likely N-dealkylation sites (tertiary alicyclic amines) is 1. The van der Waals surface area contributed by atoms with E-state index in [1.165, 1.54) is 7.11 Å². The summed E-state index contributed by atoms with van der Waals surface area (Å²) < 4.78 is 5.21. The van der Waals surface area contributed by atoms with Crippen LogP contribution in [0.1, 0.15) is 63.8 Å². The number of hydrogen-bond donors (Lipinski definition) is 1. The maximum Gasteiger partial charge on any atom is 0.295 e. The standard InChI is InChI=1S/C29H37ClN2O4/c1-7-31(8-2)16-9-17-32-25(19-10-13-21(14-11-19)29(3,4)5)24(27(34)28(32)35)26(33)20-12-15-23(36-6)22(30)18-20/h10-15,18,25,33H,7-9,16-17H2,1-6H3/b26-24+/t25-/m0/s1. The van der Waals surface area contributed by atoms with E-state index in [4.69, 9.17) is 16.3 Å². The third-order valence-corrected chi connectivity index (χ3v) is 7.12. The lowest BCUT2D eigenvalue weighted by atomic mass is 9.85. The van der Waals surface area contributed by atoms with Gasteiger partial charge in [0.15, 0.2) is 0 Å². The summed E-state index contributed by atoms with van der Waals surface area (Å²) >= 11 is 6.29. The Morgan fingerprint density at radius 3 is 2.25 bits per heavy atom. The summed E-state index contributed by atoms with van der Waals surface area (Å²) in [6, 6.07) is 12.1. The Morgan fingerprint density at radius 1 is 1.08 bits per heavy atom. The number of carbonyl (C=O) groups is 2. The molecule has 1 aliphatic heterocycles. The molecule has 1 aliphatic rings. The lowest BCUT2D eigenvalue weighted by Crippen LogP contribution is -2.33. The van der Waals surface area contributed by atoms with Crippen LogP contribution in [0.4, 0.5) is 0 Å². The number of aliphatic hydroxyl groups is 1. The van der Waals surface area contributed by atoms with Crippen molar-refractivity contribution in [1.29, 1.82) is 0 Å². The van der Waals surface area contributed by atoms with Gasteiger partial charge in [0, 0.05) is 12.1 Å². The zero-order valence-electron chi connectivity index (χ0n) is 22.1. The normalized spacial score (nSPS) is 17.8. The van der Waals surface area contributed by atoms with Crippen LogP contribution in [0.5, 0.6) is 5.75 Å². The van der Waals surface area contributed by atoms with Crippen LogP contribution in [0.15, 0.2) is 48.0 Å².